The average Bonchev–Trinajstić information content (AvgIpc) is 1.89. The van der Waals surface area contributed by atoms with E-state index >= 15 is 0 Å². The molecule has 0 amide bonds. The average molecular weight is 179 g/mol. The monoisotopic (exact) mass is 178 g/mol. The van der Waals surface area contributed by atoms with Crippen molar-refractivity contribution >= 4 is 35.1 Å². The topological polar surface area (TPSA) is 24.7 Å². The summed E-state index contributed by atoms with van der Waals surface area (Å²) >= 11 is 7.13. The maximum Gasteiger partial charge on any atom is 0.0927 e. The number of hydrogen-bond donors (Lipinski definition) is 0. The molecule has 0 aromatic carbocycles. The number of halogens is 1. The van der Waals surface area contributed by atoms with Gasteiger partial charge in [0, 0.05) is 18.4 Å². The molecule has 0 aromatic rings. The van der Waals surface area contributed by atoms with Crippen LogP contribution in [0.2, 0.25) is 0 Å². The van der Waals surface area contributed by atoms with Gasteiger partial charge in [-0.25, -0.2) is 0 Å². The van der Waals surface area contributed by atoms with E-state index in [4.69, 9.17) is 11.6 Å². The van der Waals surface area contributed by atoms with Crippen molar-refractivity contribution < 1.29 is 0 Å². The molecule has 0 saturated heterocycles. The summed E-state index contributed by atoms with van der Waals surface area (Å²) < 4.78 is 0. The molecule has 58 valence electrons. The predicted molar refractivity (Wildman–Crippen MR) is 50.5 cm³/mol. The molecule has 0 bridgehead atoms. The molecule has 0 fully saturated rings. The van der Waals surface area contributed by atoms with Crippen molar-refractivity contribution in [3.05, 3.63) is 0 Å². The van der Waals surface area contributed by atoms with E-state index in [2.05, 4.69) is 16.9 Å². The highest BCUT2D eigenvalue weighted by Gasteiger charge is 1.90. The lowest BCUT2D eigenvalue weighted by Gasteiger charge is -1.94. The van der Waals surface area contributed by atoms with Crippen molar-refractivity contribution in [2.24, 2.45) is 10.2 Å². The zero-order valence-corrected chi connectivity index (χ0v) is 7.58. The summed E-state index contributed by atoms with van der Waals surface area (Å²) in [6.07, 6.45) is 1.01. The molecule has 0 aliphatic carbocycles. The Labute approximate surface area is 70.8 Å². The SMILES string of the molecule is C=N/N=C(\C)SCCCCl. The Kier molecular flexibility index (Phi) is 7.08. The van der Waals surface area contributed by atoms with Crippen LogP contribution >= 0.6 is 23.4 Å². The fourth-order valence-corrected chi connectivity index (χ4v) is 1.39. The smallest absolute Gasteiger partial charge is 0.0927 e. The van der Waals surface area contributed by atoms with Crippen LogP contribution in [0.4, 0.5) is 0 Å². The lowest BCUT2D eigenvalue weighted by Crippen LogP contribution is -1.87. The standard InChI is InChI=1S/C6H11ClN2S/c1-6(9-8-2)10-5-3-4-7/h2-5H2,1H3/b9-6+. The molecule has 4 heteroatoms. The van der Waals surface area contributed by atoms with E-state index in [9.17, 15) is 0 Å². The third kappa shape index (κ3) is 6.11. The third-order valence-electron chi connectivity index (χ3n) is 0.800. The minimum absolute atomic E-state index is 0.710. The minimum Gasteiger partial charge on any atom is -0.166 e. The molecule has 2 nitrogen and oxygen atoms in total. The first-order chi connectivity index (χ1) is 4.81. The second-order valence-electron chi connectivity index (χ2n) is 1.65. The van der Waals surface area contributed by atoms with E-state index in [1.54, 1.807) is 11.8 Å². The summed E-state index contributed by atoms with van der Waals surface area (Å²) in [5.41, 5.74) is 0. The van der Waals surface area contributed by atoms with Gasteiger partial charge in [0.2, 0.25) is 0 Å². The fourth-order valence-electron chi connectivity index (χ4n) is 0.403. The lowest BCUT2D eigenvalue weighted by atomic mass is 10.6. The van der Waals surface area contributed by atoms with Crippen LogP contribution in [0.25, 0.3) is 0 Å². The molecule has 0 radical (unpaired) electrons. The van der Waals surface area contributed by atoms with Gasteiger partial charge < -0.3 is 0 Å². The van der Waals surface area contributed by atoms with E-state index in [-0.39, 0.29) is 0 Å². The highest BCUT2D eigenvalue weighted by atomic mass is 35.5. The highest BCUT2D eigenvalue weighted by molar-refractivity contribution is 8.13. The number of nitrogens with zero attached hydrogens (tertiary/aromatic N) is 2. The largest absolute Gasteiger partial charge is 0.166 e. The number of thioether (sulfide) groups is 1. The van der Waals surface area contributed by atoms with Crippen LogP contribution in [0, 0.1) is 0 Å². The fraction of sp³-hybridized carbons (Fsp3) is 0.667. The van der Waals surface area contributed by atoms with Crippen molar-refractivity contribution in [1.29, 1.82) is 0 Å². The maximum absolute atomic E-state index is 5.47. The van der Waals surface area contributed by atoms with Crippen LogP contribution in [-0.4, -0.2) is 23.4 Å². The molecule has 0 heterocycles. The van der Waals surface area contributed by atoms with Gasteiger partial charge in [0.15, 0.2) is 0 Å². The summed E-state index contributed by atoms with van der Waals surface area (Å²) in [4.78, 5) is 0. The van der Waals surface area contributed by atoms with Crippen molar-refractivity contribution in [2.75, 3.05) is 11.6 Å². The molecule has 0 aliphatic rings. The van der Waals surface area contributed by atoms with Crippen LogP contribution in [-0.2, 0) is 0 Å². The zero-order valence-electron chi connectivity index (χ0n) is 6.01. The first-order valence-corrected chi connectivity index (χ1v) is 4.52. The Balaban J connectivity index is 3.29. The van der Waals surface area contributed by atoms with E-state index in [1.807, 2.05) is 6.92 Å². The van der Waals surface area contributed by atoms with Gasteiger partial charge in [-0.15, -0.1) is 28.5 Å². The van der Waals surface area contributed by atoms with E-state index in [0.717, 1.165) is 17.2 Å². The first-order valence-electron chi connectivity index (χ1n) is 3.00. The van der Waals surface area contributed by atoms with Gasteiger partial charge in [-0.3, -0.25) is 0 Å². The van der Waals surface area contributed by atoms with Crippen LogP contribution in [0.1, 0.15) is 13.3 Å². The second-order valence-corrected chi connectivity index (χ2v) is 3.32. The van der Waals surface area contributed by atoms with Gasteiger partial charge in [0.25, 0.3) is 0 Å². The summed E-state index contributed by atoms with van der Waals surface area (Å²) in [7, 11) is 0. The molecule has 0 aromatic heterocycles. The minimum atomic E-state index is 0.710. The van der Waals surface area contributed by atoms with Crippen molar-refractivity contribution in [3.63, 3.8) is 0 Å². The van der Waals surface area contributed by atoms with E-state index in [0.29, 0.717) is 5.88 Å². The Bertz CT molecular complexity index is 125. The Morgan fingerprint density at radius 1 is 1.70 bits per heavy atom. The van der Waals surface area contributed by atoms with E-state index < -0.39 is 0 Å². The lowest BCUT2D eigenvalue weighted by molar-refractivity contribution is 1.12. The summed E-state index contributed by atoms with van der Waals surface area (Å²) in [5.74, 6) is 1.72. The molecule has 0 saturated carbocycles. The molecule has 0 N–H and O–H groups in total. The normalized spacial score (nSPS) is 11.6. The number of hydrogen-bond acceptors (Lipinski definition) is 3. The summed E-state index contributed by atoms with van der Waals surface area (Å²) in [6, 6.07) is 0. The summed E-state index contributed by atoms with van der Waals surface area (Å²) in [5, 5.41) is 8.09. The Morgan fingerprint density at radius 3 is 2.90 bits per heavy atom. The number of rotatable bonds is 4. The van der Waals surface area contributed by atoms with Gasteiger partial charge >= 0.3 is 0 Å². The molecular weight excluding hydrogens is 168 g/mol. The van der Waals surface area contributed by atoms with Gasteiger partial charge in [0.1, 0.15) is 0 Å². The molecule has 10 heavy (non-hydrogen) atoms. The predicted octanol–water partition coefficient (Wildman–Crippen LogP) is 2.38. The number of alkyl halides is 1. The third-order valence-corrected chi connectivity index (χ3v) is 2.06. The van der Waals surface area contributed by atoms with Crippen molar-refractivity contribution in [1.82, 2.24) is 0 Å². The second kappa shape index (κ2) is 7.09. The molecular formula is C6H11ClN2S. The van der Waals surface area contributed by atoms with E-state index in [1.165, 1.54) is 0 Å². The quantitative estimate of drug-likeness (QED) is 0.213. The van der Waals surface area contributed by atoms with Crippen LogP contribution in [0.15, 0.2) is 10.2 Å². The van der Waals surface area contributed by atoms with Crippen molar-refractivity contribution in [2.45, 2.75) is 13.3 Å². The zero-order chi connectivity index (χ0) is 7.82. The van der Waals surface area contributed by atoms with Gasteiger partial charge in [0.05, 0.1) is 5.04 Å². The first kappa shape index (κ1) is 9.98. The molecule has 0 spiro atoms. The Morgan fingerprint density at radius 2 is 2.40 bits per heavy atom. The van der Waals surface area contributed by atoms with Crippen LogP contribution in [0.3, 0.4) is 0 Å². The van der Waals surface area contributed by atoms with Crippen LogP contribution in [0.5, 0.6) is 0 Å². The van der Waals surface area contributed by atoms with Gasteiger partial charge in [-0.1, -0.05) is 0 Å². The maximum atomic E-state index is 5.47. The molecule has 0 aliphatic heterocycles. The van der Waals surface area contributed by atoms with Crippen molar-refractivity contribution in [3.8, 4) is 0 Å². The molecule has 0 atom stereocenters. The highest BCUT2D eigenvalue weighted by Crippen LogP contribution is 2.05. The molecule has 0 rings (SSSR count). The Hall–Kier alpha value is -0.0200. The summed E-state index contributed by atoms with van der Waals surface area (Å²) in [6.45, 7) is 5.16. The molecule has 0 unspecified atom stereocenters. The van der Waals surface area contributed by atoms with Crippen LogP contribution < -0.4 is 0 Å². The van der Waals surface area contributed by atoms with Gasteiger partial charge in [-0.05, 0) is 13.3 Å². The van der Waals surface area contributed by atoms with Gasteiger partial charge in [-0.2, -0.15) is 5.10 Å².